The number of carbonyl (C=O) groups is 2. The lowest BCUT2D eigenvalue weighted by atomic mass is 9.95. The fourth-order valence-corrected chi connectivity index (χ4v) is 3.11. The highest BCUT2D eigenvalue weighted by Gasteiger charge is 2.48. The van der Waals surface area contributed by atoms with Crippen molar-refractivity contribution in [3.05, 3.63) is 64.2 Å². The van der Waals surface area contributed by atoms with Gasteiger partial charge in [0.1, 0.15) is 5.75 Å². The van der Waals surface area contributed by atoms with Crippen LogP contribution in [0.25, 0.3) is 23.3 Å². The number of halogens is 4. The molecule has 2 N–H and O–H groups in total. The number of ether oxygens (including phenoxy) is 1. The summed E-state index contributed by atoms with van der Waals surface area (Å²) in [6, 6.07) is 9.05. The van der Waals surface area contributed by atoms with Crippen molar-refractivity contribution in [2.24, 2.45) is 0 Å². The van der Waals surface area contributed by atoms with Crippen LogP contribution in [0.3, 0.4) is 0 Å². The maximum atomic E-state index is 13.4. The molecule has 1 unspecified atom stereocenters. The Bertz CT molecular complexity index is 1060. The van der Waals surface area contributed by atoms with E-state index in [-0.39, 0.29) is 21.9 Å². The number of rotatable bonds is 4. The molecule has 0 amide bonds. The van der Waals surface area contributed by atoms with Crippen LogP contribution >= 0.6 is 11.6 Å². The van der Waals surface area contributed by atoms with Crippen molar-refractivity contribution in [2.75, 3.05) is 0 Å². The molecule has 1 heterocycles. The highest BCUT2D eigenvalue weighted by molar-refractivity contribution is 6.31. The van der Waals surface area contributed by atoms with Gasteiger partial charge in [0.05, 0.1) is 5.57 Å². The summed E-state index contributed by atoms with van der Waals surface area (Å²) in [5, 5.41) is 18.1. The molecule has 3 rings (SSSR count). The number of hydrogen-bond acceptors (Lipinski definition) is 3. The lowest BCUT2D eigenvalue weighted by molar-refractivity contribution is -0.187. The molecule has 0 saturated carbocycles. The highest BCUT2D eigenvalue weighted by atomic mass is 35.5. The minimum Gasteiger partial charge on any atom is -0.478 e. The molecule has 9 heteroatoms. The largest absolute Gasteiger partial charge is 0.478 e. The van der Waals surface area contributed by atoms with E-state index in [0.29, 0.717) is 11.1 Å². The normalized spacial score (nSPS) is 16.1. The number of fused-ring (bicyclic) bond motifs is 1. The van der Waals surface area contributed by atoms with Gasteiger partial charge in [0.15, 0.2) is 0 Å². The minimum absolute atomic E-state index is 0.0943. The van der Waals surface area contributed by atoms with Crippen LogP contribution < -0.4 is 4.74 Å². The van der Waals surface area contributed by atoms with E-state index in [1.54, 1.807) is 24.3 Å². The Morgan fingerprint density at radius 2 is 1.86 bits per heavy atom. The van der Waals surface area contributed by atoms with Gasteiger partial charge in [-0.05, 0) is 41.5 Å². The molecule has 0 bridgehead atoms. The van der Waals surface area contributed by atoms with Crippen molar-refractivity contribution in [3.8, 4) is 16.9 Å². The van der Waals surface area contributed by atoms with E-state index < -0.39 is 29.8 Å². The summed E-state index contributed by atoms with van der Waals surface area (Å²) in [7, 11) is 0. The fraction of sp³-hybridized carbons (Fsp3) is 0.100. The Kier molecular flexibility index (Phi) is 5.39. The van der Waals surface area contributed by atoms with E-state index in [4.69, 9.17) is 26.6 Å². The molecule has 2 aromatic carbocycles. The van der Waals surface area contributed by atoms with Gasteiger partial charge in [0.25, 0.3) is 0 Å². The van der Waals surface area contributed by atoms with E-state index in [2.05, 4.69) is 0 Å². The third kappa shape index (κ3) is 4.43. The Balaban J connectivity index is 2.17. The predicted octanol–water partition coefficient (Wildman–Crippen LogP) is 4.90. The summed E-state index contributed by atoms with van der Waals surface area (Å²) in [5.74, 6) is -3.07. The van der Waals surface area contributed by atoms with E-state index in [9.17, 15) is 22.8 Å². The molecule has 5 nitrogen and oxygen atoms in total. The van der Waals surface area contributed by atoms with Gasteiger partial charge in [-0.15, -0.1) is 0 Å². The standard InChI is InChI=1S/C20H12ClF3O5/c21-13-7-12-8-15(19(27)28)18(20(22,23)24)29-17(12)14(9-13)11-3-1-2-10(6-11)4-5-16(25)26/h1-9,18H,(H,25,26)(H,27,28)/b5-4+. The molecule has 1 atom stereocenters. The zero-order valence-electron chi connectivity index (χ0n) is 14.4. The number of hydrogen-bond donors (Lipinski definition) is 2. The molecule has 1 aliphatic heterocycles. The zero-order valence-corrected chi connectivity index (χ0v) is 15.2. The molecule has 0 saturated heterocycles. The van der Waals surface area contributed by atoms with Gasteiger partial charge in [0, 0.05) is 22.2 Å². The topological polar surface area (TPSA) is 83.8 Å². The first-order valence-electron chi connectivity index (χ1n) is 8.09. The van der Waals surface area contributed by atoms with Crippen LogP contribution in [0, 0.1) is 0 Å². The SMILES string of the molecule is O=C(O)/C=C/c1cccc(-c2cc(Cl)cc3c2OC(C(F)(F)F)C(C(=O)O)=C3)c1. The predicted molar refractivity (Wildman–Crippen MR) is 99.6 cm³/mol. The molecule has 0 fully saturated rings. The number of benzene rings is 2. The number of alkyl halides is 3. The van der Waals surface area contributed by atoms with Crippen molar-refractivity contribution in [3.63, 3.8) is 0 Å². The average molecular weight is 425 g/mol. The maximum absolute atomic E-state index is 13.4. The van der Waals surface area contributed by atoms with Crippen LogP contribution in [-0.4, -0.2) is 34.4 Å². The summed E-state index contributed by atoms with van der Waals surface area (Å²) in [5.41, 5.74) is 0.272. The van der Waals surface area contributed by atoms with E-state index >= 15 is 0 Å². The van der Waals surface area contributed by atoms with Crippen LogP contribution in [0.4, 0.5) is 13.2 Å². The van der Waals surface area contributed by atoms with E-state index in [0.717, 1.165) is 12.2 Å². The van der Waals surface area contributed by atoms with E-state index in [1.807, 2.05) is 0 Å². The second-order valence-electron chi connectivity index (χ2n) is 6.11. The Morgan fingerprint density at radius 1 is 1.14 bits per heavy atom. The lowest BCUT2D eigenvalue weighted by Gasteiger charge is -2.28. The molecule has 0 radical (unpaired) electrons. The van der Waals surface area contributed by atoms with E-state index in [1.165, 1.54) is 18.2 Å². The van der Waals surface area contributed by atoms with Crippen molar-refractivity contribution >= 4 is 35.7 Å². The van der Waals surface area contributed by atoms with Gasteiger partial charge >= 0.3 is 18.1 Å². The molecule has 150 valence electrons. The highest BCUT2D eigenvalue weighted by Crippen LogP contribution is 2.44. The lowest BCUT2D eigenvalue weighted by Crippen LogP contribution is -2.40. The fourth-order valence-electron chi connectivity index (χ4n) is 2.89. The summed E-state index contributed by atoms with van der Waals surface area (Å²) < 4.78 is 45.2. The number of carboxylic acid groups (broad SMARTS) is 2. The molecule has 1 aliphatic rings. The zero-order chi connectivity index (χ0) is 21.3. The van der Waals surface area contributed by atoms with Gasteiger partial charge in [-0.1, -0.05) is 29.8 Å². The number of aliphatic carboxylic acids is 2. The Morgan fingerprint density at radius 3 is 2.48 bits per heavy atom. The average Bonchev–Trinajstić information content (AvgIpc) is 2.64. The van der Waals surface area contributed by atoms with Gasteiger partial charge in [-0.3, -0.25) is 0 Å². The second kappa shape index (κ2) is 7.63. The van der Waals surface area contributed by atoms with Crippen LogP contribution in [-0.2, 0) is 9.59 Å². The second-order valence-corrected chi connectivity index (χ2v) is 6.55. The Hall–Kier alpha value is -3.26. The minimum atomic E-state index is -4.94. The van der Waals surface area contributed by atoms with Crippen LogP contribution in [0.5, 0.6) is 5.75 Å². The first-order valence-corrected chi connectivity index (χ1v) is 8.47. The summed E-state index contributed by atoms with van der Waals surface area (Å²) in [6.45, 7) is 0. The third-order valence-electron chi connectivity index (χ3n) is 4.07. The van der Waals surface area contributed by atoms with Crippen LogP contribution in [0.15, 0.2) is 48.0 Å². The van der Waals surface area contributed by atoms with Crippen molar-refractivity contribution < 1.29 is 37.7 Å². The molecule has 29 heavy (non-hydrogen) atoms. The van der Waals surface area contributed by atoms with Gasteiger partial charge in [0.2, 0.25) is 6.10 Å². The third-order valence-corrected chi connectivity index (χ3v) is 4.29. The van der Waals surface area contributed by atoms with Crippen molar-refractivity contribution in [1.82, 2.24) is 0 Å². The first-order chi connectivity index (χ1) is 13.6. The van der Waals surface area contributed by atoms with Crippen LogP contribution in [0.1, 0.15) is 11.1 Å². The monoisotopic (exact) mass is 424 g/mol. The molecular formula is C20H12ClF3O5. The first kappa shape index (κ1) is 20.5. The van der Waals surface area contributed by atoms with Crippen molar-refractivity contribution in [1.29, 1.82) is 0 Å². The summed E-state index contributed by atoms with van der Waals surface area (Å²) >= 11 is 6.08. The molecule has 2 aromatic rings. The summed E-state index contributed by atoms with van der Waals surface area (Å²) in [4.78, 5) is 22.0. The number of carboxylic acids is 2. The summed E-state index contributed by atoms with van der Waals surface area (Å²) in [6.07, 6.45) is -4.44. The van der Waals surface area contributed by atoms with Crippen molar-refractivity contribution in [2.45, 2.75) is 12.3 Å². The van der Waals surface area contributed by atoms with Gasteiger partial charge in [-0.25, -0.2) is 9.59 Å². The Labute approximate surface area is 167 Å². The molecule has 0 aromatic heterocycles. The molecule has 0 aliphatic carbocycles. The van der Waals surface area contributed by atoms with Crippen LogP contribution in [0.2, 0.25) is 5.02 Å². The molecular weight excluding hydrogens is 413 g/mol. The molecule has 0 spiro atoms. The van der Waals surface area contributed by atoms with Gasteiger partial charge < -0.3 is 14.9 Å². The smallest absolute Gasteiger partial charge is 0.430 e. The maximum Gasteiger partial charge on any atom is 0.430 e. The quantitative estimate of drug-likeness (QED) is 0.682. The van der Waals surface area contributed by atoms with Gasteiger partial charge in [-0.2, -0.15) is 13.2 Å².